The van der Waals surface area contributed by atoms with Gasteiger partial charge in [-0.25, -0.2) is 33.1 Å². The van der Waals surface area contributed by atoms with Crippen LogP contribution in [0.2, 0.25) is 5.02 Å². The van der Waals surface area contributed by atoms with Gasteiger partial charge in [0.15, 0.2) is 23.0 Å². The van der Waals surface area contributed by atoms with Crippen LogP contribution in [0.3, 0.4) is 0 Å². The van der Waals surface area contributed by atoms with E-state index in [1.165, 1.54) is 23.0 Å². The molecule has 1 aliphatic carbocycles. The van der Waals surface area contributed by atoms with Crippen molar-refractivity contribution in [2.45, 2.75) is 44.1 Å². The van der Waals surface area contributed by atoms with E-state index in [1.807, 2.05) is 0 Å². The van der Waals surface area contributed by atoms with Gasteiger partial charge in [0.1, 0.15) is 29.2 Å². The van der Waals surface area contributed by atoms with Gasteiger partial charge in [0.25, 0.3) is 0 Å². The summed E-state index contributed by atoms with van der Waals surface area (Å²) in [5.41, 5.74) is 0.665. The molecule has 11 heteroatoms. The third-order valence-electron chi connectivity index (χ3n) is 7.36. The highest BCUT2D eigenvalue weighted by atomic mass is 35.5. The van der Waals surface area contributed by atoms with Gasteiger partial charge in [-0.1, -0.05) is 17.7 Å². The molecule has 0 bridgehead atoms. The van der Waals surface area contributed by atoms with Gasteiger partial charge in [0.2, 0.25) is 0 Å². The molecule has 0 unspecified atom stereocenters. The minimum absolute atomic E-state index is 0.000365. The second-order valence-corrected chi connectivity index (χ2v) is 10.1. The van der Waals surface area contributed by atoms with E-state index in [0.29, 0.717) is 30.0 Å². The highest BCUT2D eigenvalue weighted by Gasteiger charge is 2.36. The number of rotatable bonds is 3. The summed E-state index contributed by atoms with van der Waals surface area (Å²) in [6.45, 7) is 1.02. The molecule has 0 radical (unpaired) electrons. The molecule has 5 heterocycles. The van der Waals surface area contributed by atoms with Gasteiger partial charge in [-0.3, -0.25) is 0 Å². The maximum Gasteiger partial charge on any atom is 0.355 e. The fourth-order valence-electron chi connectivity index (χ4n) is 5.41. The zero-order valence-electron chi connectivity index (χ0n) is 19.6. The molecule has 0 amide bonds. The molecule has 3 aromatic heterocycles. The quantitative estimate of drug-likeness (QED) is 0.382. The number of ether oxygens (including phenoxy) is 1. The van der Waals surface area contributed by atoms with Crippen molar-refractivity contribution in [3.63, 3.8) is 0 Å². The van der Waals surface area contributed by atoms with E-state index in [-0.39, 0.29) is 39.6 Å². The van der Waals surface area contributed by atoms with Crippen molar-refractivity contribution in [3.8, 4) is 22.7 Å². The SMILES string of the molecule is O=c1nc2c3c(c(Cl)c(-c4cccc(F)c4F)nc3n1-c1cncnc1C1CC1)OC[C@H]1CCCCN21. The molecule has 3 aliphatic rings. The molecule has 1 atom stereocenters. The first kappa shape index (κ1) is 22.5. The zero-order chi connectivity index (χ0) is 25.3. The van der Waals surface area contributed by atoms with Gasteiger partial charge in [-0.05, 0) is 44.2 Å². The summed E-state index contributed by atoms with van der Waals surface area (Å²) >= 11 is 6.82. The summed E-state index contributed by atoms with van der Waals surface area (Å²) in [4.78, 5) is 33.6. The van der Waals surface area contributed by atoms with Crippen LogP contribution in [-0.4, -0.2) is 43.7 Å². The zero-order valence-corrected chi connectivity index (χ0v) is 20.4. The third kappa shape index (κ3) is 3.49. The van der Waals surface area contributed by atoms with Crippen LogP contribution in [0.4, 0.5) is 14.6 Å². The fourth-order valence-corrected chi connectivity index (χ4v) is 5.71. The van der Waals surface area contributed by atoms with Crippen molar-refractivity contribution in [2.75, 3.05) is 18.1 Å². The number of nitrogens with zero attached hydrogens (tertiary/aromatic N) is 6. The standard InChI is InChI=1S/C26H21ClF2N6O2/c27-19-22(15-5-3-6-16(28)20(15)29)32-25-18-23(19)37-11-14-4-1-2-9-34(14)24(18)33-26(36)35(25)17-10-30-12-31-21(17)13-7-8-13/h3,5-6,10,12-14H,1-2,4,7-9,11H2/t14-/m1/s1. The molecular weight excluding hydrogens is 502 g/mol. The molecule has 2 fully saturated rings. The van der Waals surface area contributed by atoms with E-state index in [2.05, 4.69) is 19.9 Å². The van der Waals surface area contributed by atoms with E-state index in [0.717, 1.165) is 43.9 Å². The number of piperidine rings is 1. The van der Waals surface area contributed by atoms with Crippen molar-refractivity contribution >= 4 is 28.5 Å². The number of halogens is 3. The van der Waals surface area contributed by atoms with Crippen molar-refractivity contribution in [2.24, 2.45) is 0 Å². The van der Waals surface area contributed by atoms with Gasteiger partial charge >= 0.3 is 5.69 Å². The van der Waals surface area contributed by atoms with E-state index in [4.69, 9.17) is 21.3 Å². The first-order chi connectivity index (χ1) is 18.0. The van der Waals surface area contributed by atoms with Gasteiger partial charge in [-0.2, -0.15) is 4.98 Å². The average molecular weight is 523 g/mol. The minimum Gasteiger partial charge on any atom is -0.489 e. The first-order valence-corrected chi connectivity index (χ1v) is 12.7. The first-order valence-electron chi connectivity index (χ1n) is 12.3. The summed E-state index contributed by atoms with van der Waals surface area (Å²) in [7, 11) is 0. The van der Waals surface area contributed by atoms with Crippen molar-refractivity contribution < 1.29 is 13.5 Å². The smallest absolute Gasteiger partial charge is 0.355 e. The molecule has 7 rings (SSSR count). The molecule has 188 valence electrons. The van der Waals surface area contributed by atoms with Crippen LogP contribution in [0.25, 0.3) is 28.0 Å². The lowest BCUT2D eigenvalue weighted by atomic mass is 10.0. The van der Waals surface area contributed by atoms with Crippen LogP contribution < -0.4 is 15.3 Å². The van der Waals surface area contributed by atoms with Gasteiger partial charge < -0.3 is 9.64 Å². The molecule has 1 aromatic carbocycles. The molecule has 0 spiro atoms. The maximum atomic E-state index is 15.0. The molecule has 0 N–H and O–H groups in total. The van der Waals surface area contributed by atoms with Crippen molar-refractivity contribution in [1.29, 1.82) is 0 Å². The number of anilines is 1. The molecule has 37 heavy (non-hydrogen) atoms. The topological polar surface area (TPSA) is 86.0 Å². The van der Waals surface area contributed by atoms with Crippen molar-refractivity contribution in [1.82, 2.24) is 24.5 Å². The summed E-state index contributed by atoms with van der Waals surface area (Å²) in [5, 5.41) is 0.497. The fraction of sp³-hybridized carbons (Fsp3) is 0.346. The van der Waals surface area contributed by atoms with Crippen LogP contribution in [0.1, 0.15) is 43.7 Å². The minimum atomic E-state index is -1.08. The summed E-state index contributed by atoms with van der Waals surface area (Å²) in [5.74, 6) is -1.22. The van der Waals surface area contributed by atoms with E-state index < -0.39 is 17.3 Å². The Balaban J connectivity index is 1.61. The monoisotopic (exact) mass is 522 g/mol. The molecule has 8 nitrogen and oxygen atoms in total. The molecule has 2 aliphatic heterocycles. The van der Waals surface area contributed by atoms with Crippen LogP contribution in [0, 0.1) is 11.6 Å². The highest BCUT2D eigenvalue weighted by Crippen LogP contribution is 2.47. The third-order valence-corrected chi connectivity index (χ3v) is 7.71. The lowest BCUT2D eigenvalue weighted by molar-refractivity contribution is 0.267. The van der Waals surface area contributed by atoms with Crippen LogP contribution in [0.5, 0.6) is 5.75 Å². The molecular formula is C26H21ClF2N6O2. The number of pyridine rings is 1. The van der Waals surface area contributed by atoms with Crippen LogP contribution in [-0.2, 0) is 0 Å². The molecule has 4 aromatic rings. The molecule has 1 saturated carbocycles. The summed E-state index contributed by atoms with van der Waals surface area (Å²) in [6.07, 6.45) is 7.75. The Bertz CT molecular complexity index is 1640. The number of benzene rings is 1. The molecule has 1 saturated heterocycles. The summed E-state index contributed by atoms with van der Waals surface area (Å²) < 4.78 is 36.8. The Hall–Kier alpha value is -3.66. The summed E-state index contributed by atoms with van der Waals surface area (Å²) in [6, 6.07) is 3.81. The van der Waals surface area contributed by atoms with E-state index in [9.17, 15) is 13.6 Å². The second kappa shape index (κ2) is 8.44. The normalized spacial score (nSPS) is 18.9. The number of aromatic nitrogens is 5. The van der Waals surface area contributed by atoms with Crippen LogP contribution in [0.15, 0.2) is 35.5 Å². The number of hydrogen-bond acceptors (Lipinski definition) is 7. The Labute approximate surface area is 214 Å². The lowest BCUT2D eigenvalue weighted by Crippen LogP contribution is -2.43. The van der Waals surface area contributed by atoms with Crippen molar-refractivity contribution in [3.05, 3.63) is 63.6 Å². The predicted molar refractivity (Wildman–Crippen MR) is 134 cm³/mol. The number of hydrogen-bond donors (Lipinski definition) is 0. The Kier molecular flexibility index (Phi) is 5.14. The van der Waals surface area contributed by atoms with Crippen LogP contribution >= 0.6 is 11.6 Å². The number of fused-ring (bicyclic) bond motifs is 2. The predicted octanol–water partition coefficient (Wildman–Crippen LogP) is 4.80. The van der Waals surface area contributed by atoms with Gasteiger partial charge in [-0.15, -0.1) is 0 Å². The Morgan fingerprint density at radius 1 is 1.11 bits per heavy atom. The largest absolute Gasteiger partial charge is 0.489 e. The average Bonchev–Trinajstić information content (AvgIpc) is 3.76. The van der Waals surface area contributed by atoms with Gasteiger partial charge in [0, 0.05) is 18.0 Å². The second-order valence-electron chi connectivity index (χ2n) is 9.68. The lowest BCUT2D eigenvalue weighted by Gasteiger charge is -2.34. The van der Waals surface area contributed by atoms with Gasteiger partial charge in [0.05, 0.1) is 29.3 Å². The van der Waals surface area contributed by atoms with E-state index in [1.54, 1.807) is 6.20 Å². The Morgan fingerprint density at radius 3 is 2.81 bits per heavy atom. The highest BCUT2D eigenvalue weighted by molar-refractivity contribution is 6.36. The Morgan fingerprint density at radius 2 is 1.97 bits per heavy atom. The maximum absolute atomic E-state index is 15.0. The van der Waals surface area contributed by atoms with E-state index >= 15 is 0 Å².